The normalized spacial score (nSPS) is 17.3. The highest BCUT2D eigenvalue weighted by atomic mass is 19.1. The smallest absolute Gasteiger partial charge is 0.230 e. The summed E-state index contributed by atoms with van der Waals surface area (Å²) in [4.78, 5) is 30.6. The number of allylic oxidation sites excluding steroid dienone is 4. The van der Waals surface area contributed by atoms with Crippen molar-refractivity contribution in [3.8, 4) is 11.1 Å². The van der Waals surface area contributed by atoms with Crippen LogP contribution in [0, 0.1) is 0 Å². The minimum absolute atomic E-state index is 0.000994. The summed E-state index contributed by atoms with van der Waals surface area (Å²) < 4.78 is 20.7. The van der Waals surface area contributed by atoms with Crippen molar-refractivity contribution in [2.24, 2.45) is 0 Å². The maximum Gasteiger partial charge on any atom is 0.230 e. The van der Waals surface area contributed by atoms with Crippen molar-refractivity contribution >= 4 is 23.2 Å². The van der Waals surface area contributed by atoms with E-state index < -0.39 is 6.17 Å². The molecule has 2 amide bonds. The first-order valence-electron chi connectivity index (χ1n) is 11.1. The van der Waals surface area contributed by atoms with Gasteiger partial charge in [-0.15, -0.1) is 0 Å². The Hall–Kier alpha value is -4.01. The van der Waals surface area contributed by atoms with E-state index in [0.29, 0.717) is 31.9 Å². The number of amides is 2. The van der Waals surface area contributed by atoms with Crippen LogP contribution in [-0.4, -0.2) is 44.2 Å². The molecule has 4 heterocycles. The second-order valence-corrected chi connectivity index (χ2v) is 8.39. The van der Waals surface area contributed by atoms with Crippen molar-refractivity contribution in [1.29, 1.82) is 0 Å². The van der Waals surface area contributed by atoms with Crippen LogP contribution >= 0.6 is 0 Å². The first-order chi connectivity index (χ1) is 16.5. The van der Waals surface area contributed by atoms with Crippen molar-refractivity contribution in [3.05, 3.63) is 72.1 Å². The molecule has 0 spiro atoms. The quantitative estimate of drug-likeness (QED) is 0.625. The molecule has 9 heteroatoms. The summed E-state index contributed by atoms with van der Waals surface area (Å²) in [5.41, 5.74) is 4.90. The molecule has 0 aromatic carbocycles. The second-order valence-electron chi connectivity index (χ2n) is 8.39. The van der Waals surface area contributed by atoms with Crippen LogP contribution in [0.1, 0.15) is 30.3 Å². The molecule has 3 aromatic rings. The second kappa shape index (κ2) is 9.09. The zero-order valence-electron chi connectivity index (χ0n) is 18.7. The maximum absolute atomic E-state index is 13.7. The molecule has 0 radical (unpaired) electrons. The van der Waals surface area contributed by atoms with Gasteiger partial charge in [-0.3, -0.25) is 14.3 Å². The van der Waals surface area contributed by atoms with Gasteiger partial charge in [0.2, 0.25) is 11.8 Å². The number of fused-ring (bicyclic) bond motifs is 1. The third kappa shape index (κ3) is 4.41. The fraction of sp³-hybridized carbons (Fsp3) is 0.280. The Kier molecular flexibility index (Phi) is 5.83. The fourth-order valence-electron chi connectivity index (χ4n) is 4.28. The van der Waals surface area contributed by atoms with E-state index in [1.807, 2.05) is 16.8 Å². The third-order valence-corrected chi connectivity index (χ3v) is 6.01. The van der Waals surface area contributed by atoms with E-state index in [9.17, 15) is 14.0 Å². The molecule has 0 saturated heterocycles. The summed E-state index contributed by atoms with van der Waals surface area (Å²) in [6.07, 6.45) is 9.28. The van der Waals surface area contributed by atoms with Gasteiger partial charge in [0.05, 0.1) is 37.7 Å². The van der Waals surface area contributed by atoms with Crippen molar-refractivity contribution < 1.29 is 18.4 Å². The molecular formula is C25H24FN5O3. The average molecular weight is 461 g/mol. The van der Waals surface area contributed by atoms with Gasteiger partial charge in [0.25, 0.3) is 0 Å². The largest absolute Gasteiger partial charge is 0.472 e. The Morgan fingerprint density at radius 1 is 1.29 bits per heavy atom. The van der Waals surface area contributed by atoms with Gasteiger partial charge in [0.1, 0.15) is 17.7 Å². The molecule has 2 aliphatic rings. The molecule has 0 saturated carbocycles. The van der Waals surface area contributed by atoms with Crippen LogP contribution < -0.4 is 5.32 Å². The zero-order valence-corrected chi connectivity index (χ0v) is 18.7. The SMILES string of the molecule is CC(=O)N1CCn2nc(C3=CCC(F)C=C3)c(-c3ccnc(NC(=O)Cc4ccoc4)c3)c2C1. The lowest BCUT2D eigenvalue weighted by atomic mass is 9.95. The number of anilines is 1. The van der Waals surface area contributed by atoms with Gasteiger partial charge in [0, 0.05) is 31.6 Å². The molecule has 8 nitrogen and oxygen atoms in total. The fourth-order valence-corrected chi connectivity index (χ4v) is 4.28. The Morgan fingerprint density at radius 2 is 2.18 bits per heavy atom. The molecule has 1 N–H and O–H groups in total. The number of carbonyl (C=O) groups is 2. The van der Waals surface area contributed by atoms with Gasteiger partial charge in [-0.25, -0.2) is 9.37 Å². The van der Waals surface area contributed by atoms with Crippen LogP contribution in [-0.2, 0) is 29.1 Å². The Balaban J connectivity index is 1.51. The van der Waals surface area contributed by atoms with Gasteiger partial charge in [-0.05, 0) is 41.0 Å². The number of furan rings is 1. The number of rotatable bonds is 5. The summed E-state index contributed by atoms with van der Waals surface area (Å²) >= 11 is 0. The minimum Gasteiger partial charge on any atom is -0.472 e. The number of carbonyl (C=O) groups excluding carboxylic acids is 2. The van der Waals surface area contributed by atoms with Gasteiger partial charge < -0.3 is 14.6 Å². The van der Waals surface area contributed by atoms with Crippen molar-refractivity contribution in [2.45, 2.75) is 39.0 Å². The van der Waals surface area contributed by atoms with E-state index in [0.717, 1.165) is 33.7 Å². The van der Waals surface area contributed by atoms with Gasteiger partial charge in [0.15, 0.2) is 0 Å². The molecule has 34 heavy (non-hydrogen) atoms. The molecule has 0 bridgehead atoms. The van der Waals surface area contributed by atoms with E-state index in [1.54, 1.807) is 36.2 Å². The van der Waals surface area contributed by atoms with Crippen molar-refractivity contribution in [1.82, 2.24) is 19.7 Å². The van der Waals surface area contributed by atoms with E-state index >= 15 is 0 Å². The summed E-state index contributed by atoms with van der Waals surface area (Å²) in [6, 6.07) is 5.39. The van der Waals surface area contributed by atoms with Crippen LogP contribution in [0.2, 0.25) is 0 Å². The molecule has 1 aliphatic heterocycles. The lowest BCUT2D eigenvalue weighted by Crippen LogP contribution is -2.37. The summed E-state index contributed by atoms with van der Waals surface area (Å²) in [5, 5.41) is 7.66. The van der Waals surface area contributed by atoms with Crippen LogP contribution in [0.4, 0.5) is 10.2 Å². The number of pyridine rings is 1. The zero-order chi connectivity index (χ0) is 23.7. The highest BCUT2D eigenvalue weighted by Crippen LogP contribution is 2.36. The molecule has 5 rings (SSSR count). The van der Waals surface area contributed by atoms with Gasteiger partial charge in [-0.2, -0.15) is 5.10 Å². The number of halogens is 1. The predicted molar refractivity (Wildman–Crippen MR) is 124 cm³/mol. The third-order valence-electron chi connectivity index (χ3n) is 6.01. The topological polar surface area (TPSA) is 93.3 Å². The first-order valence-corrected chi connectivity index (χ1v) is 11.1. The Bertz CT molecular complexity index is 1290. The number of hydrogen-bond acceptors (Lipinski definition) is 5. The van der Waals surface area contributed by atoms with E-state index in [2.05, 4.69) is 10.3 Å². The average Bonchev–Trinajstić information content (AvgIpc) is 3.46. The summed E-state index contributed by atoms with van der Waals surface area (Å²) in [5.74, 6) is 0.199. The number of hydrogen-bond donors (Lipinski definition) is 1. The summed E-state index contributed by atoms with van der Waals surface area (Å²) in [7, 11) is 0. The van der Waals surface area contributed by atoms with Gasteiger partial charge >= 0.3 is 0 Å². The van der Waals surface area contributed by atoms with Crippen molar-refractivity contribution in [3.63, 3.8) is 0 Å². The number of nitrogens with zero attached hydrogens (tertiary/aromatic N) is 4. The van der Waals surface area contributed by atoms with Crippen LogP contribution in [0.3, 0.4) is 0 Å². The Morgan fingerprint density at radius 3 is 2.91 bits per heavy atom. The number of alkyl halides is 1. The number of nitrogens with one attached hydrogen (secondary N) is 1. The highest BCUT2D eigenvalue weighted by molar-refractivity contribution is 5.92. The summed E-state index contributed by atoms with van der Waals surface area (Å²) in [6.45, 7) is 3.13. The molecule has 174 valence electrons. The lowest BCUT2D eigenvalue weighted by Gasteiger charge is -2.27. The predicted octanol–water partition coefficient (Wildman–Crippen LogP) is 3.76. The monoisotopic (exact) mass is 461 g/mol. The molecule has 3 aromatic heterocycles. The van der Waals surface area contributed by atoms with Crippen LogP contribution in [0.25, 0.3) is 16.7 Å². The molecular weight excluding hydrogens is 437 g/mol. The van der Waals surface area contributed by atoms with Gasteiger partial charge in [-0.1, -0.05) is 12.2 Å². The molecule has 1 atom stereocenters. The first kappa shape index (κ1) is 21.8. The van der Waals surface area contributed by atoms with Crippen LogP contribution in [0.15, 0.2) is 59.6 Å². The lowest BCUT2D eigenvalue weighted by molar-refractivity contribution is -0.130. The standard InChI is InChI=1S/C25H24FN5O3/c1-16(32)30-9-10-31-21(14-30)24(25(29-31)18-2-4-20(26)5-3-18)19-6-8-27-22(13-19)28-23(33)12-17-7-11-34-15-17/h2-4,6-8,11,13,15,20H,5,9-10,12,14H2,1H3,(H,27,28,33). The van der Waals surface area contributed by atoms with Crippen LogP contribution in [0.5, 0.6) is 0 Å². The van der Waals surface area contributed by atoms with E-state index in [-0.39, 0.29) is 18.2 Å². The minimum atomic E-state index is -1.00. The molecule has 1 aliphatic carbocycles. The van der Waals surface area contributed by atoms with E-state index in [1.165, 1.54) is 18.6 Å². The highest BCUT2D eigenvalue weighted by Gasteiger charge is 2.28. The molecule has 1 unspecified atom stereocenters. The van der Waals surface area contributed by atoms with Crippen molar-refractivity contribution in [2.75, 3.05) is 11.9 Å². The Labute approximate surface area is 195 Å². The maximum atomic E-state index is 13.7. The number of aromatic nitrogens is 3. The molecule has 0 fully saturated rings. The van der Waals surface area contributed by atoms with E-state index in [4.69, 9.17) is 9.52 Å².